The Kier molecular flexibility index (Phi) is 5.05. The maximum absolute atomic E-state index is 6.02. The molecule has 21 heavy (non-hydrogen) atoms. The van der Waals surface area contributed by atoms with Gasteiger partial charge in [0.2, 0.25) is 0 Å². The summed E-state index contributed by atoms with van der Waals surface area (Å²) in [6.45, 7) is 2.09. The standard InChI is InChI=1S/C17H16Br2ClN/c18-16-6-3-12(9-17(16)19)14-7-8-21-10-15(14)11-1-4-13(20)5-2-11/h1-6,9,14-15,21H,7-8,10H2. The molecule has 2 aromatic carbocycles. The van der Waals surface area contributed by atoms with Crippen LogP contribution in [0.3, 0.4) is 0 Å². The van der Waals surface area contributed by atoms with Crippen LogP contribution in [0.5, 0.6) is 0 Å². The molecule has 0 aliphatic carbocycles. The predicted molar refractivity (Wildman–Crippen MR) is 96.3 cm³/mol. The van der Waals surface area contributed by atoms with Gasteiger partial charge in [0, 0.05) is 26.4 Å². The van der Waals surface area contributed by atoms with Crippen molar-refractivity contribution in [1.29, 1.82) is 0 Å². The number of benzene rings is 2. The van der Waals surface area contributed by atoms with Crippen LogP contribution in [-0.4, -0.2) is 13.1 Å². The molecular formula is C17H16Br2ClN. The van der Waals surface area contributed by atoms with Crippen LogP contribution < -0.4 is 5.32 Å². The summed E-state index contributed by atoms with van der Waals surface area (Å²) in [5.41, 5.74) is 2.75. The van der Waals surface area contributed by atoms with Crippen molar-refractivity contribution in [3.63, 3.8) is 0 Å². The average molecular weight is 430 g/mol. The van der Waals surface area contributed by atoms with Gasteiger partial charge < -0.3 is 5.32 Å². The van der Waals surface area contributed by atoms with Crippen LogP contribution >= 0.6 is 43.5 Å². The van der Waals surface area contributed by atoms with E-state index in [1.54, 1.807) is 0 Å². The van der Waals surface area contributed by atoms with Crippen molar-refractivity contribution in [2.24, 2.45) is 0 Å². The minimum absolute atomic E-state index is 0.490. The molecule has 0 amide bonds. The van der Waals surface area contributed by atoms with E-state index in [1.807, 2.05) is 12.1 Å². The van der Waals surface area contributed by atoms with Crippen LogP contribution in [0.4, 0.5) is 0 Å². The highest BCUT2D eigenvalue weighted by Gasteiger charge is 2.27. The zero-order valence-electron chi connectivity index (χ0n) is 11.5. The van der Waals surface area contributed by atoms with E-state index in [0.29, 0.717) is 11.8 Å². The first-order valence-corrected chi connectivity index (χ1v) is 9.02. The van der Waals surface area contributed by atoms with Gasteiger partial charge in [0.05, 0.1) is 0 Å². The lowest BCUT2D eigenvalue weighted by molar-refractivity contribution is 0.404. The van der Waals surface area contributed by atoms with E-state index in [-0.39, 0.29) is 0 Å². The minimum Gasteiger partial charge on any atom is -0.316 e. The second-order valence-corrected chi connectivity index (χ2v) is 7.58. The molecular weight excluding hydrogens is 413 g/mol. The van der Waals surface area contributed by atoms with Crippen molar-refractivity contribution in [3.05, 3.63) is 67.6 Å². The normalized spacial score (nSPS) is 22.2. The molecule has 1 fully saturated rings. The van der Waals surface area contributed by atoms with Gasteiger partial charge in [-0.05, 0) is 86.1 Å². The van der Waals surface area contributed by atoms with Crippen LogP contribution in [-0.2, 0) is 0 Å². The quantitative estimate of drug-likeness (QED) is 0.643. The molecule has 0 aromatic heterocycles. The van der Waals surface area contributed by atoms with Gasteiger partial charge in [-0.2, -0.15) is 0 Å². The van der Waals surface area contributed by atoms with E-state index < -0.39 is 0 Å². The third kappa shape index (κ3) is 3.53. The zero-order valence-corrected chi connectivity index (χ0v) is 15.4. The fourth-order valence-electron chi connectivity index (χ4n) is 3.06. The van der Waals surface area contributed by atoms with Crippen molar-refractivity contribution in [3.8, 4) is 0 Å². The predicted octanol–water partition coefficient (Wildman–Crippen LogP) is 5.73. The van der Waals surface area contributed by atoms with Crippen LogP contribution in [0.2, 0.25) is 5.02 Å². The monoisotopic (exact) mass is 427 g/mol. The molecule has 0 radical (unpaired) electrons. The van der Waals surface area contributed by atoms with Gasteiger partial charge in [-0.15, -0.1) is 0 Å². The Morgan fingerprint density at radius 1 is 0.905 bits per heavy atom. The Bertz CT molecular complexity index is 627. The highest BCUT2D eigenvalue weighted by molar-refractivity contribution is 9.13. The Hall–Kier alpha value is -0.350. The molecule has 0 saturated carbocycles. The zero-order chi connectivity index (χ0) is 14.8. The maximum Gasteiger partial charge on any atom is 0.0406 e. The Morgan fingerprint density at radius 3 is 2.33 bits per heavy atom. The second kappa shape index (κ2) is 6.82. The molecule has 0 spiro atoms. The largest absolute Gasteiger partial charge is 0.316 e. The SMILES string of the molecule is Clc1ccc(C2CNCCC2c2ccc(Br)c(Br)c2)cc1. The molecule has 2 atom stereocenters. The lowest BCUT2D eigenvalue weighted by Gasteiger charge is -2.33. The first-order valence-electron chi connectivity index (χ1n) is 7.06. The molecule has 1 aliphatic heterocycles. The van der Waals surface area contributed by atoms with Gasteiger partial charge in [-0.3, -0.25) is 0 Å². The number of halogens is 3. The Balaban J connectivity index is 1.94. The molecule has 110 valence electrons. The summed E-state index contributed by atoms with van der Waals surface area (Å²) in [5, 5.41) is 4.32. The lowest BCUT2D eigenvalue weighted by Crippen LogP contribution is -2.34. The van der Waals surface area contributed by atoms with Gasteiger partial charge >= 0.3 is 0 Å². The minimum atomic E-state index is 0.490. The molecule has 1 nitrogen and oxygen atoms in total. The van der Waals surface area contributed by atoms with Gasteiger partial charge in [0.15, 0.2) is 0 Å². The number of hydrogen-bond acceptors (Lipinski definition) is 1. The third-order valence-corrected chi connectivity index (χ3v) is 6.28. The van der Waals surface area contributed by atoms with E-state index in [9.17, 15) is 0 Å². The van der Waals surface area contributed by atoms with E-state index in [2.05, 4.69) is 67.5 Å². The first kappa shape index (κ1) is 15.5. The van der Waals surface area contributed by atoms with E-state index in [4.69, 9.17) is 11.6 Å². The summed E-state index contributed by atoms with van der Waals surface area (Å²) < 4.78 is 2.22. The van der Waals surface area contributed by atoms with Gasteiger partial charge in [-0.1, -0.05) is 29.8 Å². The smallest absolute Gasteiger partial charge is 0.0406 e. The Labute approximate surface area is 147 Å². The molecule has 1 heterocycles. The summed E-state index contributed by atoms with van der Waals surface area (Å²) in [5.74, 6) is 1.03. The molecule has 1 saturated heterocycles. The van der Waals surface area contributed by atoms with Crippen molar-refractivity contribution < 1.29 is 0 Å². The van der Waals surface area contributed by atoms with Crippen LogP contribution in [0.1, 0.15) is 29.4 Å². The molecule has 3 rings (SSSR count). The Morgan fingerprint density at radius 2 is 1.62 bits per heavy atom. The molecule has 2 unspecified atom stereocenters. The molecule has 1 aliphatic rings. The molecule has 4 heteroatoms. The molecule has 0 bridgehead atoms. The number of nitrogens with one attached hydrogen (secondary N) is 1. The van der Waals surface area contributed by atoms with Crippen LogP contribution in [0, 0.1) is 0 Å². The van der Waals surface area contributed by atoms with Gasteiger partial charge in [0.1, 0.15) is 0 Å². The summed E-state index contributed by atoms with van der Waals surface area (Å²) in [4.78, 5) is 0. The fraction of sp³-hybridized carbons (Fsp3) is 0.294. The van der Waals surface area contributed by atoms with Crippen LogP contribution in [0.15, 0.2) is 51.4 Å². The van der Waals surface area contributed by atoms with E-state index >= 15 is 0 Å². The summed E-state index contributed by atoms with van der Waals surface area (Å²) >= 11 is 13.2. The van der Waals surface area contributed by atoms with Crippen LogP contribution in [0.25, 0.3) is 0 Å². The second-order valence-electron chi connectivity index (χ2n) is 5.43. The fourth-order valence-corrected chi connectivity index (χ4v) is 3.83. The number of rotatable bonds is 2. The lowest BCUT2D eigenvalue weighted by atomic mass is 9.77. The summed E-state index contributed by atoms with van der Waals surface area (Å²) in [6, 6.07) is 14.9. The highest BCUT2D eigenvalue weighted by Crippen LogP contribution is 2.39. The van der Waals surface area contributed by atoms with Crippen molar-refractivity contribution in [2.75, 3.05) is 13.1 Å². The average Bonchev–Trinajstić information content (AvgIpc) is 2.51. The number of piperidine rings is 1. The summed E-state index contributed by atoms with van der Waals surface area (Å²) in [7, 11) is 0. The number of hydrogen-bond donors (Lipinski definition) is 1. The maximum atomic E-state index is 6.02. The van der Waals surface area contributed by atoms with Crippen molar-refractivity contribution in [1.82, 2.24) is 5.32 Å². The summed E-state index contributed by atoms with van der Waals surface area (Å²) in [6.07, 6.45) is 1.15. The van der Waals surface area contributed by atoms with Crippen molar-refractivity contribution >= 4 is 43.5 Å². The van der Waals surface area contributed by atoms with Gasteiger partial charge in [0.25, 0.3) is 0 Å². The van der Waals surface area contributed by atoms with Crippen molar-refractivity contribution in [2.45, 2.75) is 18.3 Å². The van der Waals surface area contributed by atoms with Gasteiger partial charge in [-0.25, -0.2) is 0 Å². The highest BCUT2D eigenvalue weighted by atomic mass is 79.9. The third-order valence-electron chi connectivity index (χ3n) is 4.15. The topological polar surface area (TPSA) is 12.0 Å². The molecule has 1 N–H and O–H groups in total. The van der Waals surface area contributed by atoms with E-state index in [1.165, 1.54) is 11.1 Å². The van der Waals surface area contributed by atoms with E-state index in [0.717, 1.165) is 33.5 Å². The first-order chi connectivity index (χ1) is 10.1. The molecule has 2 aromatic rings.